The minimum Gasteiger partial charge on any atom is -0.330 e. The quantitative estimate of drug-likeness (QED) is 0.942. The zero-order valence-corrected chi connectivity index (χ0v) is 11.6. The van der Waals surface area contributed by atoms with Crippen molar-refractivity contribution < 1.29 is 9.18 Å². The van der Waals surface area contributed by atoms with E-state index in [1.807, 2.05) is 24.3 Å². The van der Waals surface area contributed by atoms with Crippen molar-refractivity contribution in [2.45, 2.75) is 6.42 Å². The molecule has 0 spiro atoms. The molecule has 2 N–H and O–H groups in total. The van der Waals surface area contributed by atoms with Crippen LogP contribution in [-0.2, 0) is 4.79 Å². The highest BCUT2D eigenvalue weighted by Gasteiger charge is 2.29. The Balaban J connectivity index is 1.81. The molecule has 1 aliphatic heterocycles. The third-order valence-electron chi connectivity index (χ3n) is 3.89. The third kappa shape index (κ3) is 2.81. The Morgan fingerprint density at radius 2 is 1.62 bits per heavy atom. The summed E-state index contributed by atoms with van der Waals surface area (Å²) in [5.74, 6) is 0.125. The second-order valence-electron chi connectivity index (χ2n) is 5.36. The molecule has 1 unspecified atom stereocenters. The standard InChI is InChI=1S/C17H17FN2O/c18-15-5-1-13(2-6-15)14-3-7-16(8-4-14)20-11-12(10-19)9-17(20)21/h1-8,12H,9-11,19H2. The monoisotopic (exact) mass is 284 g/mol. The summed E-state index contributed by atoms with van der Waals surface area (Å²) in [7, 11) is 0. The molecule has 3 nitrogen and oxygen atoms in total. The van der Waals surface area contributed by atoms with Crippen molar-refractivity contribution >= 4 is 11.6 Å². The molecule has 1 heterocycles. The van der Waals surface area contributed by atoms with Crippen LogP contribution in [0.3, 0.4) is 0 Å². The lowest BCUT2D eigenvalue weighted by molar-refractivity contribution is -0.117. The maximum Gasteiger partial charge on any atom is 0.227 e. The van der Waals surface area contributed by atoms with E-state index in [-0.39, 0.29) is 17.6 Å². The molecule has 1 amide bonds. The average Bonchev–Trinajstić information content (AvgIpc) is 2.89. The minimum atomic E-state index is -0.245. The molecule has 0 bridgehead atoms. The molecule has 3 rings (SSSR count). The molecule has 1 saturated heterocycles. The Hall–Kier alpha value is -2.20. The van der Waals surface area contributed by atoms with E-state index in [1.165, 1.54) is 12.1 Å². The summed E-state index contributed by atoms with van der Waals surface area (Å²) < 4.78 is 12.9. The van der Waals surface area contributed by atoms with Gasteiger partial charge >= 0.3 is 0 Å². The van der Waals surface area contributed by atoms with Crippen LogP contribution in [0.4, 0.5) is 10.1 Å². The predicted molar refractivity (Wildman–Crippen MR) is 81.4 cm³/mol. The second kappa shape index (κ2) is 5.66. The van der Waals surface area contributed by atoms with Crippen LogP contribution in [0.5, 0.6) is 0 Å². The molecule has 1 atom stereocenters. The van der Waals surface area contributed by atoms with E-state index >= 15 is 0 Å². The van der Waals surface area contributed by atoms with Crippen LogP contribution in [0.2, 0.25) is 0 Å². The highest BCUT2D eigenvalue weighted by atomic mass is 19.1. The molecular formula is C17H17FN2O. The van der Waals surface area contributed by atoms with E-state index in [0.29, 0.717) is 19.5 Å². The number of hydrogen-bond donors (Lipinski definition) is 1. The highest BCUT2D eigenvalue weighted by Crippen LogP contribution is 2.27. The Bertz CT molecular complexity index is 637. The fourth-order valence-corrected chi connectivity index (χ4v) is 2.67. The molecule has 2 aromatic carbocycles. The predicted octanol–water partition coefficient (Wildman–Crippen LogP) is 2.80. The van der Waals surface area contributed by atoms with Gasteiger partial charge in [-0.2, -0.15) is 0 Å². The van der Waals surface area contributed by atoms with Crippen molar-refractivity contribution in [2.75, 3.05) is 18.0 Å². The molecule has 4 heteroatoms. The maximum atomic E-state index is 12.9. The highest BCUT2D eigenvalue weighted by molar-refractivity contribution is 5.96. The van der Waals surface area contributed by atoms with Crippen LogP contribution in [0.15, 0.2) is 48.5 Å². The molecule has 21 heavy (non-hydrogen) atoms. The molecule has 108 valence electrons. The van der Waals surface area contributed by atoms with Crippen LogP contribution >= 0.6 is 0 Å². The number of nitrogens with zero attached hydrogens (tertiary/aromatic N) is 1. The van der Waals surface area contributed by atoms with Crippen molar-refractivity contribution in [2.24, 2.45) is 11.7 Å². The minimum absolute atomic E-state index is 0.125. The third-order valence-corrected chi connectivity index (χ3v) is 3.89. The molecular weight excluding hydrogens is 267 g/mol. The Labute approximate surface area is 123 Å². The van der Waals surface area contributed by atoms with E-state index in [4.69, 9.17) is 5.73 Å². The van der Waals surface area contributed by atoms with Gasteiger partial charge < -0.3 is 10.6 Å². The van der Waals surface area contributed by atoms with Gasteiger partial charge in [-0.05, 0) is 47.9 Å². The number of rotatable bonds is 3. The number of carbonyl (C=O) groups is 1. The lowest BCUT2D eigenvalue weighted by Crippen LogP contribution is -2.25. The van der Waals surface area contributed by atoms with Gasteiger partial charge in [-0.1, -0.05) is 24.3 Å². The van der Waals surface area contributed by atoms with E-state index < -0.39 is 0 Å². The molecule has 1 aliphatic rings. The summed E-state index contributed by atoms with van der Waals surface area (Å²) in [4.78, 5) is 13.7. The van der Waals surface area contributed by atoms with Gasteiger partial charge in [0.15, 0.2) is 0 Å². The number of benzene rings is 2. The first-order valence-electron chi connectivity index (χ1n) is 7.04. The number of carbonyl (C=O) groups excluding carboxylic acids is 1. The van der Waals surface area contributed by atoms with Crippen LogP contribution in [0, 0.1) is 11.7 Å². The second-order valence-corrected chi connectivity index (χ2v) is 5.36. The van der Waals surface area contributed by atoms with E-state index in [2.05, 4.69) is 0 Å². The smallest absolute Gasteiger partial charge is 0.227 e. The number of amides is 1. The van der Waals surface area contributed by atoms with Crippen molar-refractivity contribution in [1.29, 1.82) is 0 Å². The number of hydrogen-bond acceptors (Lipinski definition) is 2. The Kier molecular flexibility index (Phi) is 3.71. The van der Waals surface area contributed by atoms with Crippen molar-refractivity contribution in [3.05, 3.63) is 54.3 Å². The van der Waals surface area contributed by atoms with Gasteiger partial charge in [0.25, 0.3) is 0 Å². The maximum absolute atomic E-state index is 12.9. The van der Waals surface area contributed by atoms with Crippen LogP contribution in [-0.4, -0.2) is 19.0 Å². The number of nitrogens with two attached hydrogens (primary N) is 1. The fraction of sp³-hybridized carbons (Fsp3) is 0.235. The van der Waals surface area contributed by atoms with Crippen molar-refractivity contribution in [3.63, 3.8) is 0 Å². The van der Waals surface area contributed by atoms with Crippen LogP contribution in [0.25, 0.3) is 11.1 Å². The number of halogens is 1. The lowest BCUT2D eigenvalue weighted by Gasteiger charge is -2.17. The lowest BCUT2D eigenvalue weighted by atomic mass is 10.1. The van der Waals surface area contributed by atoms with Gasteiger partial charge in [-0.15, -0.1) is 0 Å². The van der Waals surface area contributed by atoms with E-state index in [0.717, 1.165) is 16.8 Å². The van der Waals surface area contributed by atoms with Gasteiger partial charge in [-0.25, -0.2) is 4.39 Å². The van der Waals surface area contributed by atoms with Crippen LogP contribution in [0.1, 0.15) is 6.42 Å². The van der Waals surface area contributed by atoms with Crippen molar-refractivity contribution in [3.8, 4) is 11.1 Å². The van der Waals surface area contributed by atoms with Gasteiger partial charge in [0, 0.05) is 18.7 Å². The molecule has 0 radical (unpaired) electrons. The van der Waals surface area contributed by atoms with Crippen molar-refractivity contribution in [1.82, 2.24) is 0 Å². The SMILES string of the molecule is NCC1CC(=O)N(c2ccc(-c3ccc(F)cc3)cc2)C1. The van der Waals surface area contributed by atoms with E-state index in [1.54, 1.807) is 17.0 Å². The topological polar surface area (TPSA) is 46.3 Å². The zero-order chi connectivity index (χ0) is 14.8. The number of anilines is 1. The van der Waals surface area contributed by atoms with Gasteiger partial charge in [0.05, 0.1) is 0 Å². The van der Waals surface area contributed by atoms with Crippen LogP contribution < -0.4 is 10.6 Å². The molecule has 0 aromatic heterocycles. The molecule has 0 aliphatic carbocycles. The summed E-state index contributed by atoms with van der Waals surface area (Å²) in [6.07, 6.45) is 0.524. The molecule has 2 aromatic rings. The van der Waals surface area contributed by atoms with Gasteiger partial charge in [0.1, 0.15) is 5.82 Å². The van der Waals surface area contributed by atoms with Gasteiger partial charge in [0.2, 0.25) is 5.91 Å². The molecule has 1 fully saturated rings. The molecule has 0 saturated carbocycles. The summed E-state index contributed by atoms with van der Waals surface area (Å²) in [6, 6.07) is 14.1. The fourth-order valence-electron chi connectivity index (χ4n) is 2.67. The summed E-state index contributed by atoms with van der Waals surface area (Å²) >= 11 is 0. The normalized spacial score (nSPS) is 18.3. The first kappa shape index (κ1) is 13.8. The summed E-state index contributed by atoms with van der Waals surface area (Å²) in [6.45, 7) is 1.22. The average molecular weight is 284 g/mol. The summed E-state index contributed by atoms with van der Waals surface area (Å²) in [5, 5.41) is 0. The Morgan fingerprint density at radius 3 is 2.14 bits per heavy atom. The summed E-state index contributed by atoms with van der Waals surface area (Å²) in [5.41, 5.74) is 8.48. The largest absolute Gasteiger partial charge is 0.330 e. The first-order valence-corrected chi connectivity index (χ1v) is 7.04. The Morgan fingerprint density at radius 1 is 1.05 bits per heavy atom. The van der Waals surface area contributed by atoms with Gasteiger partial charge in [-0.3, -0.25) is 4.79 Å². The van der Waals surface area contributed by atoms with E-state index in [9.17, 15) is 9.18 Å². The first-order chi connectivity index (χ1) is 10.2. The zero-order valence-electron chi connectivity index (χ0n) is 11.6.